The van der Waals surface area contributed by atoms with E-state index in [4.69, 9.17) is 0 Å². The Balaban J connectivity index is 1.46. The van der Waals surface area contributed by atoms with E-state index in [1.807, 2.05) is 18.7 Å². The molecule has 0 amide bonds. The van der Waals surface area contributed by atoms with Gasteiger partial charge in [-0.2, -0.15) is 0 Å². The average molecular weight is 249 g/mol. The Hall–Kier alpha value is -0.830. The lowest BCUT2D eigenvalue weighted by atomic mass is 9.81. The average Bonchev–Trinajstić information content (AvgIpc) is 2.87. The molecule has 1 aliphatic carbocycles. The molecule has 0 aromatic carbocycles. The molecule has 2 unspecified atom stereocenters. The summed E-state index contributed by atoms with van der Waals surface area (Å²) in [6.07, 6.45) is 14.1. The molecule has 2 rings (SSSR count). The highest BCUT2D eigenvalue weighted by Gasteiger charge is 2.17. The fourth-order valence-corrected chi connectivity index (χ4v) is 3.06. The van der Waals surface area contributed by atoms with Crippen molar-refractivity contribution in [1.82, 2.24) is 14.9 Å². The summed E-state index contributed by atoms with van der Waals surface area (Å²) in [6.45, 7) is 5.81. The van der Waals surface area contributed by atoms with Crippen LogP contribution in [0.15, 0.2) is 18.7 Å². The second-order valence-corrected chi connectivity index (χ2v) is 5.83. The van der Waals surface area contributed by atoms with Crippen LogP contribution in [-0.4, -0.2) is 22.6 Å². The predicted molar refractivity (Wildman–Crippen MR) is 75.5 cm³/mol. The van der Waals surface area contributed by atoms with Crippen LogP contribution < -0.4 is 5.32 Å². The normalized spacial score (nSPS) is 24.3. The summed E-state index contributed by atoms with van der Waals surface area (Å²) in [7, 11) is 0. The van der Waals surface area contributed by atoms with Gasteiger partial charge in [0.2, 0.25) is 0 Å². The highest BCUT2D eigenvalue weighted by Crippen LogP contribution is 2.30. The van der Waals surface area contributed by atoms with Crippen LogP contribution in [0.1, 0.15) is 45.4 Å². The molecule has 1 heterocycles. The number of imidazole rings is 1. The maximum atomic E-state index is 4.05. The van der Waals surface area contributed by atoms with Crippen LogP contribution in [0.25, 0.3) is 0 Å². The molecule has 102 valence electrons. The first-order valence-electron chi connectivity index (χ1n) is 7.51. The standard InChI is InChI=1S/C15H27N3/c1-14-4-2-5-15(12-14)6-8-16-7-3-10-18-11-9-17-13-18/h9,11,13-16H,2-8,10,12H2,1H3. The largest absolute Gasteiger partial charge is 0.337 e. The van der Waals surface area contributed by atoms with E-state index in [0.717, 1.165) is 24.9 Å². The van der Waals surface area contributed by atoms with Gasteiger partial charge in [0.1, 0.15) is 0 Å². The van der Waals surface area contributed by atoms with Crippen molar-refractivity contribution in [3.8, 4) is 0 Å². The van der Waals surface area contributed by atoms with Crippen LogP contribution in [0.3, 0.4) is 0 Å². The van der Waals surface area contributed by atoms with Crippen molar-refractivity contribution in [3.63, 3.8) is 0 Å². The molecule has 0 aliphatic heterocycles. The van der Waals surface area contributed by atoms with Crippen LogP contribution in [-0.2, 0) is 6.54 Å². The van der Waals surface area contributed by atoms with Crippen molar-refractivity contribution in [2.24, 2.45) is 11.8 Å². The number of nitrogens with zero attached hydrogens (tertiary/aromatic N) is 2. The number of aryl methyl sites for hydroxylation is 1. The molecule has 1 aliphatic rings. The number of nitrogens with one attached hydrogen (secondary N) is 1. The Bertz CT molecular complexity index is 308. The smallest absolute Gasteiger partial charge is 0.0945 e. The quantitative estimate of drug-likeness (QED) is 0.753. The molecular weight excluding hydrogens is 222 g/mol. The summed E-state index contributed by atoms with van der Waals surface area (Å²) in [5.41, 5.74) is 0. The van der Waals surface area contributed by atoms with Crippen LogP contribution in [0.4, 0.5) is 0 Å². The van der Waals surface area contributed by atoms with Crippen LogP contribution in [0, 0.1) is 11.8 Å². The number of rotatable bonds is 7. The molecule has 0 radical (unpaired) electrons. The van der Waals surface area contributed by atoms with E-state index >= 15 is 0 Å². The van der Waals surface area contributed by atoms with Crippen molar-refractivity contribution < 1.29 is 0 Å². The first-order chi connectivity index (χ1) is 8.84. The topological polar surface area (TPSA) is 29.9 Å². The van der Waals surface area contributed by atoms with Gasteiger partial charge < -0.3 is 9.88 Å². The molecule has 0 bridgehead atoms. The van der Waals surface area contributed by atoms with Gasteiger partial charge in [-0.25, -0.2) is 4.98 Å². The van der Waals surface area contributed by atoms with Gasteiger partial charge in [-0.1, -0.05) is 26.2 Å². The van der Waals surface area contributed by atoms with E-state index in [1.54, 1.807) is 0 Å². The summed E-state index contributed by atoms with van der Waals surface area (Å²) in [6, 6.07) is 0. The predicted octanol–water partition coefficient (Wildman–Crippen LogP) is 3.08. The Morgan fingerprint density at radius 2 is 2.28 bits per heavy atom. The zero-order chi connectivity index (χ0) is 12.6. The molecule has 1 saturated carbocycles. The monoisotopic (exact) mass is 249 g/mol. The van der Waals surface area contributed by atoms with Gasteiger partial charge in [-0.05, 0) is 44.2 Å². The van der Waals surface area contributed by atoms with Gasteiger partial charge in [-0.15, -0.1) is 0 Å². The van der Waals surface area contributed by atoms with Gasteiger partial charge >= 0.3 is 0 Å². The Labute approximate surface area is 111 Å². The maximum absolute atomic E-state index is 4.05. The molecular formula is C15H27N3. The van der Waals surface area contributed by atoms with Crippen LogP contribution in [0.2, 0.25) is 0 Å². The summed E-state index contributed by atoms with van der Waals surface area (Å²) >= 11 is 0. The van der Waals surface area contributed by atoms with Gasteiger partial charge in [-0.3, -0.25) is 0 Å². The third-order valence-electron chi connectivity index (χ3n) is 4.10. The molecule has 1 aromatic heterocycles. The van der Waals surface area contributed by atoms with Crippen molar-refractivity contribution >= 4 is 0 Å². The second kappa shape index (κ2) is 7.57. The molecule has 0 spiro atoms. The van der Waals surface area contributed by atoms with Crippen LogP contribution >= 0.6 is 0 Å². The highest BCUT2D eigenvalue weighted by atomic mass is 15.0. The molecule has 1 N–H and O–H groups in total. The van der Waals surface area contributed by atoms with E-state index in [2.05, 4.69) is 21.8 Å². The lowest BCUT2D eigenvalue weighted by Gasteiger charge is -2.26. The lowest BCUT2D eigenvalue weighted by molar-refractivity contribution is 0.267. The summed E-state index contributed by atoms with van der Waals surface area (Å²) < 4.78 is 2.14. The number of aromatic nitrogens is 2. The van der Waals surface area contributed by atoms with E-state index in [9.17, 15) is 0 Å². The first kappa shape index (κ1) is 13.6. The molecule has 3 nitrogen and oxygen atoms in total. The first-order valence-corrected chi connectivity index (χ1v) is 7.51. The van der Waals surface area contributed by atoms with E-state index < -0.39 is 0 Å². The van der Waals surface area contributed by atoms with Gasteiger partial charge in [0.05, 0.1) is 6.33 Å². The van der Waals surface area contributed by atoms with Crippen molar-refractivity contribution in [3.05, 3.63) is 18.7 Å². The minimum absolute atomic E-state index is 0.963. The molecule has 1 fully saturated rings. The zero-order valence-electron chi connectivity index (χ0n) is 11.6. The van der Waals surface area contributed by atoms with Gasteiger partial charge in [0.25, 0.3) is 0 Å². The molecule has 1 aromatic rings. The van der Waals surface area contributed by atoms with Gasteiger partial charge in [0, 0.05) is 18.9 Å². The van der Waals surface area contributed by atoms with E-state index in [0.29, 0.717) is 0 Å². The van der Waals surface area contributed by atoms with Gasteiger partial charge in [0.15, 0.2) is 0 Å². The summed E-state index contributed by atoms with van der Waals surface area (Å²) in [4.78, 5) is 4.05. The summed E-state index contributed by atoms with van der Waals surface area (Å²) in [5.74, 6) is 1.94. The Morgan fingerprint density at radius 3 is 3.06 bits per heavy atom. The fourth-order valence-electron chi connectivity index (χ4n) is 3.06. The molecule has 18 heavy (non-hydrogen) atoms. The fraction of sp³-hybridized carbons (Fsp3) is 0.800. The lowest BCUT2D eigenvalue weighted by Crippen LogP contribution is -2.22. The summed E-state index contributed by atoms with van der Waals surface area (Å²) in [5, 5.41) is 3.58. The number of hydrogen-bond acceptors (Lipinski definition) is 2. The highest BCUT2D eigenvalue weighted by molar-refractivity contribution is 4.74. The van der Waals surface area contributed by atoms with Crippen molar-refractivity contribution in [2.45, 2.75) is 52.0 Å². The third-order valence-corrected chi connectivity index (χ3v) is 4.10. The molecule has 3 heteroatoms. The number of hydrogen-bond donors (Lipinski definition) is 1. The minimum Gasteiger partial charge on any atom is -0.337 e. The van der Waals surface area contributed by atoms with Crippen LogP contribution in [0.5, 0.6) is 0 Å². The third kappa shape index (κ3) is 4.81. The second-order valence-electron chi connectivity index (χ2n) is 5.83. The Morgan fingerprint density at radius 1 is 1.33 bits per heavy atom. The maximum Gasteiger partial charge on any atom is 0.0945 e. The van der Waals surface area contributed by atoms with E-state index in [-0.39, 0.29) is 0 Å². The Kier molecular flexibility index (Phi) is 5.72. The SMILES string of the molecule is CC1CCCC(CCNCCCn2ccnc2)C1. The van der Waals surface area contributed by atoms with Crippen molar-refractivity contribution in [1.29, 1.82) is 0 Å². The molecule has 2 atom stereocenters. The van der Waals surface area contributed by atoms with Crippen molar-refractivity contribution in [2.75, 3.05) is 13.1 Å². The molecule has 0 saturated heterocycles. The zero-order valence-corrected chi connectivity index (χ0v) is 11.6. The minimum atomic E-state index is 0.963. The van der Waals surface area contributed by atoms with E-state index in [1.165, 1.54) is 45.1 Å².